The van der Waals surface area contributed by atoms with Crippen LogP contribution in [-0.4, -0.2) is 24.0 Å². The first kappa shape index (κ1) is 14.8. The molecule has 2 unspecified atom stereocenters. The first-order valence-electron chi connectivity index (χ1n) is 8.83. The molecule has 2 bridgehead atoms. The Kier molecular flexibility index (Phi) is 5.13. The topological polar surface area (TPSA) is 3.24 Å². The average molecular weight is 283 g/mol. The monoisotopic (exact) mass is 283 g/mol. The fourth-order valence-corrected chi connectivity index (χ4v) is 4.32. The van der Waals surface area contributed by atoms with Gasteiger partial charge in [-0.2, -0.15) is 0 Å². The molecule has 0 N–H and O–H groups in total. The third-order valence-corrected chi connectivity index (χ3v) is 5.44. The van der Waals surface area contributed by atoms with Crippen LogP contribution < -0.4 is 0 Å². The molecule has 1 saturated heterocycles. The molecule has 1 aliphatic carbocycles. The predicted molar refractivity (Wildman–Crippen MR) is 90.4 cm³/mol. The van der Waals surface area contributed by atoms with Gasteiger partial charge in [-0.1, -0.05) is 55.8 Å². The highest BCUT2D eigenvalue weighted by Crippen LogP contribution is 2.40. The highest BCUT2D eigenvalue weighted by atomic mass is 15.2. The summed E-state index contributed by atoms with van der Waals surface area (Å²) in [5.41, 5.74) is 1.48. The standard InChI is InChI=1S/C20H29N/c1-2-3-11-19-18-10-7-12-20(19)21(16-14-18)15-13-17-8-5-4-6-9-17/h3-6,8-9,11,18-20H,2,7,10,12-16H2,1H3/b11-3+/t18?,19-,20?/m1/s1. The van der Waals surface area contributed by atoms with Gasteiger partial charge in [0, 0.05) is 12.6 Å². The van der Waals surface area contributed by atoms with Crippen molar-refractivity contribution < 1.29 is 0 Å². The van der Waals surface area contributed by atoms with Gasteiger partial charge in [0.05, 0.1) is 0 Å². The largest absolute Gasteiger partial charge is 0.299 e. The van der Waals surface area contributed by atoms with E-state index in [1.165, 1.54) is 57.2 Å². The molecular formula is C20H29N. The summed E-state index contributed by atoms with van der Waals surface area (Å²) in [6.07, 6.45) is 13.0. The van der Waals surface area contributed by atoms with Gasteiger partial charge in [0.25, 0.3) is 0 Å². The summed E-state index contributed by atoms with van der Waals surface area (Å²) < 4.78 is 0. The number of nitrogens with zero attached hydrogens (tertiary/aromatic N) is 1. The Morgan fingerprint density at radius 3 is 2.81 bits per heavy atom. The second-order valence-electron chi connectivity index (χ2n) is 6.73. The van der Waals surface area contributed by atoms with E-state index in [0.29, 0.717) is 0 Å². The molecule has 3 atom stereocenters. The minimum absolute atomic E-state index is 0.809. The minimum Gasteiger partial charge on any atom is -0.299 e. The number of hydrogen-bond acceptors (Lipinski definition) is 1. The van der Waals surface area contributed by atoms with Crippen LogP contribution in [0.2, 0.25) is 0 Å². The van der Waals surface area contributed by atoms with Gasteiger partial charge >= 0.3 is 0 Å². The van der Waals surface area contributed by atoms with E-state index in [-0.39, 0.29) is 0 Å². The van der Waals surface area contributed by atoms with Gasteiger partial charge in [0.2, 0.25) is 0 Å². The number of rotatable bonds is 5. The van der Waals surface area contributed by atoms with Gasteiger partial charge in [-0.25, -0.2) is 0 Å². The molecule has 0 radical (unpaired) electrons. The van der Waals surface area contributed by atoms with Crippen molar-refractivity contribution >= 4 is 0 Å². The first-order valence-corrected chi connectivity index (χ1v) is 8.83. The zero-order chi connectivity index (χ0) is 14.5. The third-order valence-electron chi connectivity index (χ3n) is 5.44. The van der Waals surface area contributed by atoms with Crippen molar-refractivity contribution in [2.75, 3.05) is 13.1 Å². The molecule has 1 aliphatic heterocycles. The third kappa shape index (κ3) is 3.58. The van der Waals surface area contributed by atoms with Gasteiger partial charge in [-0.05, 0) is 56.0 Å². The van der Waals surface area contributed by atoms with Crippen LogP contribution in [0.25, 0.3) is 0 Å². The Hall–Kier alpha value is -1.08. The van der Waals surface area contributed by atoms with E-state index in [2.05, 4.69) is 54.3 Å². The maximum atomic E-state index is 2.79. The smallest absolute Gasteiger partial charge is 0.0161 e. The molecule has 1 saturated carbocycles. The molecule has 3 rings (SSSR count). The van der Waals surface area contributed by atoms with Crippen LogP contribution in [0.4, 0.5) is 0 Å². The molecule has 0 aromatic heterocycles. The molecule has 21 heavy (non-hydrogen) atoms. The Morgan fingerprint density at radius 1 is 1.14 bits per heavy atom. The van der Waals surface area contributed by atoms with E-state index >= 15 is 0 Å². The normalized spacial score (nSPS) is 29.9. The van der Waals surface area contributed by atoms with E-state index in [4.69, 9.17) is 0 Å². The fraction of sp³-hybridized carbons (Fsp3) is 0.600. The van der Waals surface area contributed by atoms with E-state index < -0.39 is 0 Å². The Labute approximate surface area is 130 Å². The quantitative estimate of drug-likeness (QED) is 0.709. The average Bonchev–Trinajstić information content (AvgIpc) is 2.53. The highest BCUT2D eigenvalue weighted by molar-refractivity contribution is 5.15. The van der Waals surface area contributed by atoms with Crippen LogP contribution in [-0.2, 0) is 6.42 Å². The molecular weight excluding hydrogens is 254 g/mol. The summed E-state index contributed by atoms with van der Waals surface area (Å²) in [6, 6.07) is 11.8. The van der Waals surface area contributed by atoms with Crippen molar-refractivity contribution in [3.63, 3.8) is 0 Å². The van der Waals surface area contributed by atoms with Crippen LogP contribution in [0, 0.1) is 11.8 Å². The number of likely N-dealkylation sites (tertiary alicyclic amines) is 1. The van der Waals surface area contributed by atoms with Crippen LogP contribution in [0.1, 0.15) is 44.6 Å². The number of allylic oxidation sites excluding steroid dienone is 1. The molecule has 1 nitrogen and oxygen atoms in total. The van der Waals surface area contributed by atoms with Crippen LogP contribution in [0.3, 0.4) is 0 Å². The molecule has 2 aliphatic rings. The summed E-state index contributed by atoms with van der Waals surface area (Å²) in [6.45, 7) is 4.80. The number of benzene rings is 1. The van der Waals surface area contributed by atoms with Crippen molar-refractivity contribution in [2.45, 2.75) is 51.5 Å². The maximum Gasteiger partial charge on any atom is 0.0161 e. The van der Waals surface area contributed by atoms with Gasteiger partial charge in [0.1, 0.15) is 0 Å². The Morgan fingerprint density at radius 2 is 2.00 bits per heavy atom. The van der Waals surface area contributed by atoms with E-state index in [9.17, 15) is 0 Å². The van der Waals surface area contributed by atoms with Crippen molar-refractivity contribution in [1.29, 1.82) is 0 Å². The van der Waals surface area contributed by atoms with E-state index in [0.717, 1.165) is 17.9 Å². The lowest BCUT2D eigenvalue weighted by atomic mass is 9.70. The summed E-state index contributed by atoms with van der Waals surface area (Å²) in [5, 5.41) is 0. The van der Waals surface area contributed by atoms with Crippen molar-refractivity contribution in [3.05, 3.63) is 48.0 Å². The minimum atomic E-state index is 0.809. The molecule has 1 heterocycles. The lowest BCUT2D eigenvalue weighted by molar-refractivity contribution is 0.0348. The molecule has 0 spiro atoms. The molecule has 1 heteroatoms. The van der Waals surface area contributed by atoms with Crippen molar-refractivity contribution in [1.82, 2.24) is 4.90 Å². The number of hydrogen-bond donors (Lipinski definition) is 0. The van der Waals surface area contributed by atoms with Crippen molar-refractivity contribution in [2.24, 2.45) is 11.8 Å². The van der Waals surface area contributed by atoms with Gasteiger partial charge in [-0.15, -0.1) is 0 Å². The SMILES string of the molecule is CC/C=C/[C@@H]1C2CCCC1N(CCc1ccccc1)CC2. The second kappa shape index (κ2) is 7.26. The van der Waals surface area contributed by atoms with Crippen molar-refractivity contribution in [3.8, 4) is 0 Å². The Bertz CT molecular complexity index is 450. The molecule has 0 amide bonds. The van der Waals surface area contributed by atoms with Crippen LogP contribution in [0.15, 0.2) is 42.5 Å². The zero-order valence-electron chi connectivity index (χ0n) is 13.4. The summed E-state index contributed by atoms with van der Waals surface area (Å²) in [4.78, 5) is 2.79. The van der Waals surface area contributed by atoms with E-state index in [1.54, 1.807) is 0 Å². The highest BCUT2D eigenvalue weighted by Gasteiger charge is 2.38. The molecule has 1 aromatic carbocycles. The maximum absolute atomic E-state index is 2.79. The molecule has 114 valence electrons. The van der Waals surface area contributed by atoms with Gasteiger partial charge in [-0.3, -0.25) is 4.90 Å². The number of fused-ring (bicyclic) bond motifs is 2. The molecule has 2 fully saturated rings. The lowest BCUT2D eigenvalue weighted by Gasteiger charge is -2.48. The fourth-order valence-electron chi connectivity index (χ4n) is 4.32. The van der Waals surface area contributed by atoms with Crippen LogP contribution >= 0.6 is 0 Å². The molecule has 1 aromatic rings. The summed E-state index contributed by atoms with van der Waals surface area (Å²) >= 11 is 0. The summed E-state index contributed by atoms with van der Waals surface area (Å²) in [5.74, 6) is 1.78. The summed E-state index contributed by atoms with van der Waals surface area (Å²) in [7, 11) is 0. The van der Waals surface area contributed by atoms with Gasteiger partial charge < -0.3 is 0 Å². The Balaban J connectivity index is 1.63. The van der Waals surface area contributed by atoms with Gasteiger partial charge in [0.15, 0.2) is 0 Å². The van der Waals surface area contributed by atoms with Crippen LogP contribution in [0.5, 0.6) is 0 Å². The number of piperidine rings is 1. The zero-order valence-corrected chi connectivity index (χ0v) is 13.4. The lowest BCUT2D eigenvalue weighted by Crippen LogP contribution is -2.51. The predicted octanol–water partition coefficient (Wildman–Crippen LogP) is 4.69. The second-order valence-corrected chi connectivity index (χ2v) is 6.73. The first-order chi connectivity index (χ1) is 10.4. The van der Waals surface area contributed by atoms with E-state index in [1.807, 2.05) is 0 Å².